The number of nitrogens with two attached hydrogens (primary N) is 5. The van der Waals surface area contributed by atoms with Crippen LogP contribution in [0.5, 0.6) is 0 Å². The first-order valence-corrected chi connectivity index (χ1v) is 16.3. The van der Waals surface area contributed by atoms with E-state index < -0.39 is 123 Å². The van der Waals surface area contributed by atoms with E-state index in [-0.39, 0.29) is 26.2 Å². The van der Waals surface area contributed by atoms with Crippen molar-refractivity contribution in [2.75, 3.05) is 19.8 Å². The molecular formula is C30H51N5O14. The molecule has 1 aromatic carbocycles. The lowest BCUT2D eigenvalue weighted by Gasteiger charge is -2.47. The first-order chi connectivity index (χ1) is 23.4. The molecule has 4 aliphatic rings. The second-order valence-corrected chi connectivity index (χ2v) is 13.0. The summed E-state index contributed by atoms with van der Waals surface area (Å²) in [6, 6.07) is 5.04. The van der Waals surface area contributed by atoms with Crippen LogP contribution in [0.2, 0.25) is 0 Å². The SMILES string of the molecule is NC[C@@H]1O[C@H](O[C@H]2[C@@H](O)[C@H](O[C@@H]3[C@@H](O)[C@H](N)C[C@H](N)[C@H]3O[C@H]3O[C@H](COCc4ccccc4)[C@@H](O)[C@H](O)[C@H]3N)O[C@@H]2CO)[C@H](N)[C@@H](O)[C@@H]1O. The number of hydrogen-bond donors (Lipinski definition) is 12. The predicted molar refractivity (Wildman–Crippen MR) is 165 cm³/mol. The van der Waals surface area contributed by atoms with Gasteiger partial charge in [0.2, 0.25) is 0 Å². The Hall–Kier alpha value is -1.54. The van der Waals surface area contributed by atoms with Crippen molar-refractivity contribution in [1.29, 1.82) is 0 Å². The summed E-state index contributed by atoms with van der Waals surface area (Å²) in [4.78, 5) is 0. The third-order valence-corrected chi connectivity index (χ3v) is 9.53. The molecule has 3 saturated heterocycles. The number of hydrogen-bond acceptors (Lipinski definition) is 19. The molecule has 5 rings (SSSR count). The molecule has 19 atom stereocenters. The Balaban J connectivity index is 1.27. The Morgan fingerprint density at radius 1 is 0.612 bits per heavy atom. The molecule has 49 heavy (non-hydrogen) atoms. The molecule has 1 aromatic rings. The lowest BCUT2D eigenvalue weighted by atomic mass is 9.84. The fourth-order valence-electron chi connectivity index (χ4n) is 6.55. The maximum absolute atomic E-state index is 11.2. The molecule has 0 radical (unpaired) electrons. The van der Waals surface area contributed by atoms with Crippen molar-refractivity contribution in [3.63, 3.8) is 0 Å². The normalized spacial score (nSPS) is 47.7. The Bertz CT molecular complexity index is 1170. The van der Waals surface area contributed by atoms with Gasteiger partial charge in [-0.1, -0.05) is 30.3 Å². The van der Waals surface area contributed by atoms with Gasteiger partial charge in [-0.25, -0.2) is 0 Å². The van der Waals surface area contributed by atoms with E-state index in [0.29, 0.717) is 0 Å². The summed E-state index contributed by atoms with van der Waals surface area (Å²) in [6.45, 7) is -0.726. The molecule has 0 amide bonds. The van der Waals surface area contributed by atoms with Gasteiger partial charge in [0.05, 0.1) is 38.0 Å². The van der Waals surface area contributed by atoms with Crippen LogP contribution >= 0.6 is 0 Å². The van der Waals surface area contributed by atoms with Gasteiger partial charge in [0.25, 0.3) is 0 Å². The molecule has 3 heterocycles. The molecule has 3 aliphatic heterocycles. The van der Waals surface area contributed by atoms with E-state index in [4.69, 9.17) is 61.8 Å². The van der Waals surface area contributed by atoms with E-state index in [2.05, 4.69) is 0 Å². The molecule has 19 heteroatoms. The molecule has 19 nitrogen and oxygen atoms in total. The van der Waals surface area contributed by atoms with E-state index >= 15 is 0 Å². The Kier molecular flexibility index (Phi) is 13.3. The van der Waals surface area contributed by atoms with Crippen molar-refractivity contribution in [1.82, 2.24) is 0 Å². The molecule has 1 aliphatic carbocycles. The van der Waals surface area contributed by atoms with Crippen molar-refractivity contribution in [2.45, 2.75) is 129 Å². The summed E-state index contributed by atoms with van der Waals surface area (Å²) in [5, 5.41) is 74.4. The molecular weight excluding hydrogens is 654 g/mol. The molecule has 0 aromatic heterocycles. The minimum absolute atomic E-state index is 0.0783. The minimum Gasteiger partial charge on any atom is -0.394 e. The van der Waals surface area contributed by atoms with Gasteiger partial charge < -0.3 is 97.6 Å². The summed E-state index contributed by atoms with van der Waals surface area (Å²) in [6.07, 6.45) is -20.1. The van der Waals surface area contributed by atoms with Crippen LogP contribution in [0.25, 0.3) is 0 Å². The molecule has 0 unspecified atom stereocenters. The Morgan fingerprint density at radius 3 is 1.78 bits per heavy atom. The van der Waals surface area contributed by atoms with E-state index in [1.54, 1.807) is 0 Å². The van der Waals surface area contributed by atoms with Gasteiger partial charge in [0, 0.05) is 18.6 Å². The largest absolute Gasteiger partial charge is 0.394 e. The van der Waals surface area contributed by atoms with Crippen LogP contribution < -0.4 is 28.7 Å². The second kappa shape index (κ2) is 16.9. The van der Waals surface area contributed by atoms with E-state index in [9.17, 15) is 35.7 Å². The first-order valence-electron chi connectivity index (χ1n) is 16.3. The number of aliphatic hydroxyl groups is 7. The van der Waals surface area contributed by atoms with Crippen molar-refractivity contribution in [3.05, 3.63) is 35.9 Å². The highest BCUT2D eigenvalue weighted by atomic mass is 16.8. The van der Waals surface area contributed by atoms with Gasteiger partial charge in [0.15, 0.2) is 18.9 Å². The topological polar surface area (TPSA) is 336 Å². The quantitative estimate of drug-likeness (QED) is 0.0961. The lowest BCUT2D eigenvalue weighted by molar-refractivity contribution is -0.312. The highest BCUT2D eigenvalue weighted by Crippen LogP contribution is 2.34. The molecule has 280 valence electrons. The fraction of sp³-hybridized carbons (Fsp3) is 0.800. The monoisotopic (exact) mass is 705 g/mol. The maximum atomic E-state index is 11.2. The summed E-state index contributed by atoms with van der Waals surface area (Å²) in [7, 11) is 0. The smallest absolute Gasteiger partial charge is 0.187 e. The van der Waals surface area contributed by atoms with Gasteiger partial charge in [-0.15, -0.1) is 0 Å². The zero-order chi connectivity index (χ0) is 35.6. The zero-order valence-electron chi connectivity index (χ0n) is 26.8. The van der Waals surface area contributed by atoms with Crippen LogP contribution in [-0.4, -0.2) is 172 Å². The maximum Gasteiger partial charge on any atom is 0.187 e. The molecule has 0 spiro atoms. The fourth-order valence-corrected chi connectivity index (χ4v) is 6.55. The van der Waals surface area contributed by atoms with Crippen LogP contribution in [0, 0.1) is 0 Å². The minimum atomic E-state index is -1.62. The van der Waals surface area contributed by atoms with Crippen LogP contribution in [-0.2, 0) is 39.8 Å². The molecule has 1 saturated carbocycles. The van der Waals surface area contributed by atoms with E-state index in [1.807, 2.05) is 30.3 Å². The highest BCUT2D eigenvalue weighted by molar-refractivity contribution is 5.13. The third kappa shape index (κ3) is 8.42. The summed E-state index contributed by atoms with van der Waals surface area (Å²) in [5.41, 5.74) is 31.3. The van der Waals surface area contributed by atoms with Crippen molar-refractivity contribution < 1.29 is 68.9 Å². The van der Waals surface area contributed by atoms with Crippen molar-refractivity contribution >= 4 is 0 Å². The van der Waals surface area contributed by atoms with Crippen molar-refractivity contribution in [3.8, 4) is 0 Å². The third-order valence-electron chi connectivity index (χ3n) is 9.53. The van der Waals surface area contributed by atoms with Gasteiger partial charge >= 0.3 is 0 Å². The number of rotatable bonds is 12. The predicted octanol–water partition coefficient (Wildman–Crippen LogP) is -6.64. The lowest BCUT2D eigenvalue weighted by Crippen LogP contribution is -2.68. The van der Waals surface area contributed by atoms with Crippen LogP contribution in [0.15, 0.2) is 30.3 Å². The Morgan fingerprint density at radius 2 is 1.16 bits per heavy atom. The van der Waals surface area contributed by atoms with Crippen LogP contribution in [0.4, 0.5) is 0 Å². The van der Waals surface area contributed by atoms with Crippen LogP contribution in [0.3, 0.4) is 0 Å². The van der Waals surface area contributed by atoms with Gasteiger partial charge in [-0.05, 0) is 12.0 Å². The van der Waals surface area contributed by atoms with Gasteiger partial charge in [0.1, 0.15) is 67.1 Å². The number of benzene rings is 1. The van der Waals surface area contributed by atoms with Gasteiger partial charge in [-0.3, -0.25) is 0 Å². The van der Waals surface area contributed by atoms with Crippen molar-refractivity contribution in [2.24, 2.45) is 28.7 Å². The average Bonchev–Trinajstić information content (AvgIpc) is 3.39. The molecule has 0 bridgehead atoms. The highest BCUT2D eigenvalue weighted by Gasteiger charge is 2.54. The summed E-state index contributed by atoms with van der Waals surface area (Å²) in [5.74, 6) is 0. The standard InChI is InChI=1S/C30H51N5O14/c31-7-14-20(38)22(40)17(34)28(44-14)48-26-15(8-36)45-30(24(26)42)49-27-19(37)12(32)6-13(33)25(27)47-29-18(35)23(41)21(39)16(46-29)10-43-9-11-4-2-1-3-5-11/h1-5,12-30,36-42H,6-10,31-35H2/t12-,13+,14+,15-,16-,17-,18-,19+,20-,21-,22-,23-,24-,25-,26-,27-,28-,29-,30+/m1/s1. The first kappa shape index (κ1) is 38.7. The van der Waals surface area contributed by atoms with Crippen LogP contribution in [0.1, 0.15) is 12.0 Å². The Labute approximate surface area is 282 Å². The summed E-state index contributed by atoms with van der Waals surface area (Å²) >= 11 is 0. The zero-order valence-corrected chi connectivity index (χ0v) is 26.8. The molecule has 17 N–H and O–H groups in total. The van der Waals surface area contributed by atoms with E-state index in [1.165, 1.54) is 0 Å². The summed E-state index contributed by atoms with van der Waals surface area (Å²) < 4.78 is 41.1. The molecule has 4 fully saturated rings. The van der Waals surface area contributed by atoms with E-state index in [0.717, 1.165) is 5.56 Å². The number of ether oxygens (including phenoxy) is 7. The average molecular weight is 706 g/mol. The number of aliphatic hydroxyl groups excluding tert-OH is 7. The second-order valence-electron chi connectivity index (χ2n) is 13.0. The van der Waals surface area contributed by atoms with Gasteiger partial charge in [-0.2, -0.15) is 0 Å².